The summed E-state index contributed by atoms with van der Waals surface area (Å²) in [7, 11) is 0. The van der Waals surface area contributed by atoms with E-state index < -0.39 is 0 Å². The molecule has 0 amide bonds. The van der Waals surface area contributed by atoms with Crippen molar-refractivity contribution in [2.75, 3.05) is 0 Å². The highest BCUT2D eigenvalue weighted by Gasteiger charge is 2.03. The quantitative estimate of drug-likeness (QED) is 0.705. The molecule has 0 saturated carbocycles. The van der Waals surface area contributed by atoms with Crippen molar-refractivity contribution >= 4 is 49.4 Å². The van der Waals surface area contributed by atoms with Crippen LogP contribution in [-0.4, -0.2) is 4.98 Å². The van der Waals surface area contributed by atoms with Crippen molar-refractivity contribution in [1.82, 2.24) is 4.98 Å². The van der Waals surface area contributed by atoms with E-state index >= 15 is 0 Å². The number of fused-ring (bicyclic) bond motifs is 1. The highest BCUT2D eigenvalue weighted by molar-refractivity contribution is 14.1. The maximum absolute atomic E-state index is 13.0. The molecule has 0 aliphatic carbocycles. The Hall–Kier alpha value is -0.100. The summed E-state index contributed by atoms with van der Waals surface area (Å²) in [5, 5.41) is 0.903. The molecule has 1 nitrogen and oxygen atoms in total. The van der Waals surface area contributed by atoms with Crippen LogP contribution < -0.4 is 0 Å². The molecular formula is C8H4BrFIN. The molecule has 0 unspecified atom stereocenters. The van der Waals surface area contributed by atoms with Crippen LogP contribution in [0.15, 0.2) is 22.7 Å². The predicted octanol–water partition coefficient (Wildman–Crippen LogP) is 3.67. The predicted molar refractivity (Wildman–Crippen MR) is 58.7 cm³/mol. The second-order valence-corrected chi connectivity index (χ2v) is 4.49. The van der Waals surface area contributed by atoms with Crippen LogP contribution in [0, 0.1) is 9.52 Å². The fraction of sp³-hybridized carbons (Fsp3) is 0. The third-order valence-electron chi connectivity index (χ3n) is 1.63. The van der Waals surface area contributed by atoms with Gasteiger partial charge in [0.15, 0.2) is 0 Å². The molecule has 1 aromatic heterocycles. The summed E-state index contributed by atoms with van der Waals surface area (Å²) in [5.74, 6) is -0.224. The van der Waals surface area contributed by atoms with Crippen LogP contribution in [0.4, 0.5) is 4.39 Å². The minimum absolute atomic E-state index is 0.224. The number of rotatable bonds is 0. The van der Waals surface area contributed by atoms with E-state index in [9.17, 15) is 4.39 Å². The molecule has 1 N–H and O–H groups in total. The topological polar surface area (TPSA) is 15.8 Å². The number of H-pyrrole nitrogens is 1. The first-order valence-corrected chi connectivity index (χ1v) is 5.17. The number of aromatic amines is 1. The van der Waals surface area contributed by atoms with E-state index in [0.29, 0.717) is 4.47 Å². The summed E-state index contributed by atoms with van der Waals surface area (Å²) in [6, 6.07) is 5.16. The molecule has 2 aromatic rings. The molecule has 0 spiro atoms. The normalized spacial score (nSPS) is 10.9. The van der Waals surface area contributed by atoms with Crippen LogP contribution in [0.25, 0.3) is 10.9 Å². The van der Waals surface area contributed by atoms with Crippen molar-refractivity contribution < 1.29 is 4.39 Å². The number of hydrogen-bond donors (Lipinski definition) is 1. The third-order valence-corrected chi connectivity index (χ3v) is 2.82. The van der Waals surface area contributed by atoms with Crippen LogP contribution in [0.5, 0.6) is 0 Å². The molecule has 0 atom stereocenters. The molecule has 4 heteroatoms. The van der Waals surface area contributed by atoms with Crippen molar-refractivity contribution in [2.45, 2.75) is 0 Å². The lowest BCUT2D eigenvalue weighted by Crippen LogP contribution is -1.76. The van der Waals surface area contributed by atoms with E-state index in [4.69, 9.17) is 0 Å². The van der Waals surface area contributed by atoms with Crippen LogP contribution in [0.2, 0.25) is 0 Å². The monoisotopic (exact) mass is 339 g/mol. The molecule has 62 valence electrons. The summed E-state index contributed by atoms with van der Waals surface area (Å²) in [6.45, 7) is 0. The smallest absolute Gasteiger partial charge is 0.138 e. The van der Waals surface area contributed by atoms with E-state index in [1.165, 1.54) is 6.07 Å². The molecule has 0 aliphatic rings. The largest absolute Gasteiger partial charge is 0.350 e. The standard InChI is InChI=1S/C8H4BrFIN/c9-5-3-7-4(1-6(5)10)2-8(11)12-7/h1-3,12H. The number of nitrogens with one attached hydrogen (secondary N) is 1. The second-order valence-electron chi connectivity index (χ2n) is 2.47. The maximum Gasteiger partial charge on any atom is 0.138 e. The van der Waals surface area contributed by atoms with Gasteiger partial charge in [-0.2, -0.15) is 0 Å². The second kappa shape index (κ2) is 2.99. The molecule has 1 heterocycles. The zero-order chi connectivity index (χ0) is 8.72. The van der Waals surface area contributed by atoms with Crippen molar-refractivity contribution in [1.29, 1.82) is 0 Å². The SMILES string of the molecule is Fc1cc2cc(I)[nH]c2cc1Br. The van der Waals surface area contributed by atoms with Crippen molar-refractivity contribution in [3.63, 3.8) is 0 Å². The Morgan fingerprint density at radius 2 is 2.08 bits per heavy atom. The van der Waals surface area contributed by atoms with Gasteiger partial charge in [-0.15, -0.1) is 0 Å². The summed E-state index contributed by atoms with van der Waals surface area (Å²) in [5.41, 5.74) is 0.952. The summed E-state index contributed by atoms with van der Waals surface area (Å²) < 4.78 is 14.5. The van der Waals surface area contributed by atoms with Crippen molar-refractivity contribution in [3.05, 3.63) is 32.2 Å². The van der Waals surface area contributed by atoms with Gasteiger partial charge in [-0.25, -0.2) is 4.39 Å². The lowest BCUT2D eigenvalue weighted by atomic mass is 10.2. The summed E-state index contributed by atoms with van der Waals surface area (Å²) >= 11 is 5.29. The van der Waals surface area contributed by atoms with Gasteiger partial charge in [0.1, 0.15) is 5.82 Å². The van der Waals surface area contributed by atoms with E-state index in [2.05, 4.69) is 43.5 Å². The molecule has 1 aromatic carbocycles. The van der Waals surface area contributed by atoms with E-state index in [1.807, 2.05) is 6.07 Å². The van der Waals surface area contributed by atoms with E-state index in [1.54, 1.807) is 6.07 Å². The van der Waals surface area contributed by atoms with Gasteiger partial charge in [0.05, 0.1) is 8.17 Å². The number of aromatic nitrogens is 1. The first-order chi connectivity index (χ1) is 5.66. The van der Waals surface area contributed by atoms with E-state index in [-0.39, 0.29) is 5.82 Å². The first-order valence-electron chi connectivity index (χ1n) is 3.30. The zero-order valence-electron chi connectivity index (χ0n) is 5.87. The zero-order valence-corrected chi connectivity index (χ0v) is 9.61. The van der Waals surface area contributed by atoms with Gasteiger partial charge in [-0.05, 0) is 56.7 Å². The maximum atomic E-state index is 13.0. The van der Waals surface area contributed by atoms with Crippen LogP contribution in [-0.2, 0) is 0 Å². The molecule has 0 bridgehead atoms. The summed E-state index contributed by atoms with van der Waals surface area (Å²) in [6.07, 6.45) is 0. The van der Waals surface area contributed by atoms with Gasteiger partial charge >= 0.3 is 0 Å². The van der Waals surface area contributed by atoms with Gasteiger partial charge in [0, 0.05) is 10.9 Å². The van der Waals surface area contributed by atoms with Gasteiger partial charge in [0.25, 0.3) is 0 Å². The first kappa shape index (κ1) is 8.50. The molecule has 0 fully saturated rings. The molecular weight excluding hydrogens is 336 g/mol. The van der Waals surface area contributed by atoms with Gasteiger partial charge in [-0.3, -0.25) is 0 Å². The lowest BCUT2D eigenvalue weighted by molar-refractivity contribution is 0.623. The van der Waals surface area contributed by atoms with Crippen LogP contribution in [0.3, 0.4) is 0 Å². The van der Waals surface area contributed by atoms with E-state index in [0.717, 1.165) is 14.6 Å². The molecule has 0 radical (unpaired) electrons. The van der Waals surface area contributed by atoms with Crippen molar-refractivity contribution in [3.8, 4) is 0 Å². The van der Waals surface area contributed by atoms with Gasteiger partial charge < -0.3 is 4.98 Å². The van der Waals surface area contributed by atoms with Crippen molar-refractivity contribution in [2.24, 2.45) is 0 Å². The van der Waals surface area contributed by atoms with Crippen LogP contribution >= 0.6 is 38.5 Å². The molecule has 12 heavy (non-hydrogen) atoms. The van der Waals surface area contributed by atoms with Crippen LogP contribution in [0.1, 0.15) is 0 Å². The molecule has 2 rings (SSSR count). The third kappa shape index (κ3) is 1.37. The number of hydrogen-bond acceptors (Lipinski definition) is 0. The minimum Gasteiger partial charge on any atom is -0.350 e. The Balaban J connectivity index is 2.83. The Bertz CT molecular complexity index is 399. The van der Waals surface area contributed by atoms with Gasteiger partial charge in [-0.1, -0.05) is 0 Å². The number of halogens is 3. The Kier molecular flexibility index (Phi) is 2.12. The molecule has 0 saturated heterocycles. The summed E-state index contributed by atoms with van der Waals surface area (Å²) in [4.78, 5) is 3.12. The Morgan fingerprint density at radius 1 is 1.33 bits per heavy atom. The lowest BCUT2D eigenvalue weighted by Gasteiger charge is -1.93. The van der Waals surface area contributed by atoms with Gasteiger partial charge in [0.2, 0.25) is 0 Å². The molecule has 0 aliphatic heterocycles. The number of benzene rings is 1. The average molecular weight is 340 g/mol. The Morgan fingerprint density at radius 3 is 2.83 bits per heavy atom. The highest BCUT2D eigenvalue weighted by atomic mass is 127. The fourth-order valence-corrected chi connectivity index (χ4v) is 2.06. The minimum atomic E-state index is -0.224. The fourth-order valence-electron chi connectivity index (χ4n) is 1.09. The Labute approximate surface area is 90.6 Å². The highest BCUT2D eigenvalue weighted by Crippen LogP contribution is 2.24. The average Bonchev–Trinajstić information content (AvgIpc) is 2.30.